The molecule has 1 aliphatic rings. The predicted octanol–water partition coefficient (Wildman–Crippen LogP) is -0.566. The molecule has 2 N–H and O–H groups in total. The number of likely N-dealkylation sites (N-methyl/N-ethyl adjacent to an activating group) is 1. The van der Waals surface area contributed by atoms with E-state index in [0.717, 1.165) is 6.54 Å². The monoisotopic (exact) mass is 145 g/mol. The van der Waals surface area contributed by atoms with Crippen LogP contribution < -0.4 is 0 Å². The Morgan fingerprint density at radius 2 is 2.20 bits per heavy atom. The van der Waals surface area contributed by atoms with Crippen LogP contribution in [0.4, 0.5) is 0 Å². The van der Waals surface area contributed by atoms with Crippen LogP contribution in [0.1, 0.15) is 13.3 Å². The molecule has 1 fully saturated rings. The Kier molecular flexibility index (Phi) is 1.99. The largest absolute Gasteiger partial charge is 0.389 e. The Balaban J connectivity index is 2.52. The molecule has 3 nitrogen and oxygen atoms in total. The molecule has 0 aliphatic carbocycles. The number of aliphatic hydroxyl groups excluding tert-OH is 1. The van der Waals surface area contributed by atoms with Crippen LogP contribution in [0, 0.1) is 0 Å². The van der Waals surface area contributed by atoms with E-state index >= 15 is 0 Å². The number of hydrogen-bond donors (Lipinski definition) is 2. The van der Waals surface area contributed by atoms with Crippen LogP contribution >= 0.6 is 0 Å². The van der Waals surface area contributed by atoms with E-state index in [1.54, 1.807) is 6.92 Å². The van der Waals surface area contributed by atoms with Crippen LogP contribution in [-0.4, -0.2) is 47.0 Å². The van der Waals surface area contributed by atoms with Crippen molar-refractivity contribution in [3.8, 4) is 0 Å². The third kappa shape index (κ3) is 1.48. The minimum absolute atomic E-state index is 0.576. The molecule has 0 saturated carbocycles. The van der Waals surface area contributed by atoms with Crippen LogP contribution in [0.2, 0.25) is 0 Å². The first-order valence-corrected chi connectivity index (χ1v) is 3.61. The number of rotatable bonds is 0. The van der Waals surface area contributed by atoms with Crippen molar-refractivity contribution in [1.29, 1.82) is 0 Å². The summed E-state index contributed by atoms with van der Waals surface area (Å²) in [7, 11) is 1.94. The van der Waals surface area contributed by atoms with Gasteiger partial charge in [0.1, 0.15) is 0 Å². The molecule has 2 atom stereocenters. The summed E-state index contributed by atoms with van der Waals surface area (Å²) in [5.74, 6) is 0. The number of aliphatic hydroxyl groups is 2. The van der Waals surface area contributed by atoms with Crippen molar-refractivity contribution in [1.82, 2.24) is 4.90 Å². The molecule has 0 bridgehead atoms. The molecule has 0 unspecified atom stereocenters. The molecule has 0 aromatic rings. The highest BCUT2D eigenvalue weighted by atomic mass is 16.3. The lowest BCUT2D eigenvalue weighted by molar-refractivity contribution is -0.102. The molecule has 10 heavy (non-hydrogen) atoms. The van der Waals surface area contributed by atoms with Crippen molar-refractivity contribution in [2.75, 3.05) is 20.1 Å². The normalized spacial score (nSPS) is 43.8. The second-order valence-electron chi connectivity index (χ2n) is 3.39. The number of piperidine rings is 1. The lowest BCUT2D eigenvalue weighted by atomic mass is 9.91. The van der Waals surface area contributed by atoms with Gasteiger partial charge in [0.05, 0.1) is 11.7 Å². The van der Waals surface area contributed by atoms with Crippen LogP contribution in [0.25, 0.3) is 0 Å². The molecule has 0 spiro atoms. The van der Waals surface area contributed by atoms with Gasteiger partial charge in [0.15, 0.2) is 0 Å². The average Bonchev–Trinajstić information content (AvgIpc) is 1.81. The minimum atomic E-state index is -0.869. The van der Waals surface area contributed by atoms with Gasteiger partial charge in [-0.15, -0.1) is 0 Å². The zero-order valence-corrected chi connectivity index (χ0v) is 6.54. The first-order valence-electron chi connectivity index (χ1n) is 3.61. The van der Waals surface area contributed by atoms with Gasteiger partial charge in [-0.05, 0) is 20.4 Å². The molecule has 1 heterocycles. The highest BCUT2D eigenvalue weighted by Gasteiger charge is 2.34. The van der Waals surface area contributed by atoms with Gasteiger partial charge in [0.2, 0.25) is 0 Å². The van der Waals surface area contributed by atoms with E-state index in [2.05, 4.69) is 0 Å². The molecule has 60 valence electrons. The fraction of sp³-hybridized carbons (Fsp3) is 1.00. The van der Waals surface area contributed by atoms with E-state index in [0.29, 0.717) is 13.0 Å². The van der Waals surface area contributed by atoms with Crippen LogP contribution in [0.3, 0.4) is 0 Å². The van der Waals surface area contributed by atoms with Crippen LogP contribution in [0.15, 0.2) is 0 Å². The summed E-state index contributed by atoms with van der Waals surface area (Å²) < 4.78 is 0. The molecule has 1 saturated heterocycles. The molecule has 3 heteroatoms. The molecule has 0 aromatic carbocycles. The summed E-state index contributed by atoms with van der Waals surface area (Å²) in [6, 6.07) is 0. The van der Waals surface area contributed by atoms with Gasteiger partial charge in [-0.25, -0.2) is 0 Å². The predicted molar refractivity (Wildman–Crippen MR) is 38.7 cm³/mol. The number of β-amino-alcohol motifs (C(OH)–C–C–N with tert-alkyl or cyclic N) is 1. The fourth-order valence-corrected chi connectivity index (χ4v) is 1.17. The Morgan fingerprint density at radius 1 is 1.60 bits per heavy atom. The average molecular weight is 145 g/mol. The molecule has 1 rings (SSSR count). The molecule has 0 aromatic heterocycles. The van der Waals surface area contributed by atoms with Gasteiger partial charge in [-0.1, -0.05) is 0 Å². The van der Waals surface area contributed by atoms with Crippen LogP contribution in [0.5, 0.6) is 0 Å². The van der Waals surface area contributed by atoms with Gasteiger partial charge in [-0.2, -0.15) is 0 Å². The summed E-state index contributed by atoms with van der Waals surface area (Å²) >= 11 is 0. The van der Waals surface area contributed by atoms with E-state index in [1.165, 1.54) is 0 Å². The summed E-state index contributed by atoms with van der Waals surface area (Å²) in [6.07, 6.45) is 0.0660. The third-order valence-corrected chi connectivity index (χ3v) is 2.20. The van der Waals surface area contributed by atoms with Crippen molar-refractivity contribution >= 4 is 0 Å². The van der Waals surface area contributed by atoms with Gasteiger partial charge in [0, 0.05) is 13.1 Å². The van der Waals surface area contributed by atoms with Gasteiger partial charge >= 0.3 is 0 Å². The van der Waals surface area contributed by atoms with Crippen molar-refractivity contribution in [2.45, 2.75) is 25.0 Å². The SMILES string of the molecule is CN1CC[C@@](C)(O)[C@@H](O)C1. The minimum Gasteiger partial charge on any atom is -0.389 e. The number of hydrogen-bond acceptors (Lipinski definition) is 3. The van der Waals surface area contributed by atoms with Crippen LogP contribution in [-0.2, 0) is 0 Å². The van der Waals surface area contributed by atoms with E-state index in [1.807, 2.05) is 11.9 Å². The Morgan fingerprint density at radius 3 is 2.60 bits per heavy atom. The van der Waals surface area contributed by atoms with Crippen molar-refractivity contribution in [3.63, 3.8) is 0 Å². The highest BCUT2D eigenvalue weighted by Crippen LogP contribution is 2.20. The first-order chi connectivity index (χ1) is 4.52. The maximum absolute atomic E-state index is 9.48. The Hall–Kier alpha value is -0.120. The number of likely N-dealkylation sites (tertiary alicyclic amines) is 1. The summed E-state index contributed by atoms with van der Waals surface area (Å²) in [6.45, 7) is 3.13. The highest BCUT2D eigenvalue weighted by molar-refractivity contribution is 4.88. The van der Waals surface area contributed by atoms with Crippen molar-refractivity contribution in [2.24, 2.45) is 0 Å². The molecule has 1 aliphatic heterocycles. The molecule has 0 amide bonds. The van der Waals surface area contributed by atoms with E-state index < -0.39 is 11.7 Å². The van der Waals surface area contributed by atoms with E-state index in [-0.39, 0.29) is 0 Å². The van der Waals surface area contributed by atoms with Crippen molar-refractivity contribution in [3.05, 3.63) is 0 Å². The van der Waals surface area contributed by atoms with Crippen molar-refractivity contribution < 1.29 is 10.2 Å². The molecule has 0 radical (unpaired) electrons. The van der Waals surface area contributed by atoms with Gasteiger partial charge in [0.25, 0.3) is 0 Å². The van der Waals surface area contributed by atoms with Gasteiger partial charge < -0.3 is 15.1 Å². The maximum atomic E-state index is 9.48. The lowest BCUT2D eigenvalue weighted by Gasteiger charge is -2.38. The first kappa shape index (κ1) is 7.98. The Bertz CT molecular complexity index is 125. The quantitative estimate of drug-likeness (QED) is 0.480. The van der Waals surface area contributed by atoms with E-state index in [9.17, 15) is 10.2 Å². The summed E-state index contributed by atoms with van der Waals surface area (Å²) in [4.78, 5) is 2.02. The molecular formula is C7H15NO2. The third-order valence-electron chi connectivity index (χ3n) is 2.20. The zero-order chi connectivity index (χ0) is 7.78. The number of nitrogens with zero attached hydrogens (tertiary/aromatic N) is 1. The second-order valence-corrected chi connectivity index (χ2v) is 3.39. The van der Waals surface area contributed by atoms with Gasteiger partial charge in [-0.3, -0.25) is 0 Å². The standard InChI is InChI=1S/C7H15NO2/c1-7(10)3-4-8(2)5-6(7)9/h6,9-10H,3-5H2,1-2H3/t6-,7+/m0/s1. The summed E-state index contributed by atoms with van der Waals surface area (Å²) in [5, 5.41) is 18.8. The maximum Gasteiger partial charge on any atom is 0.0951 e. The fourth-order valence-electron chi connectivity index (χ4n) is 1.17. The second kappa shape index (κ2) is 2.49. The van der Waals surface area contributed by atoms with E-state index in [4.69, 9.17) is 0 Å². The topological polar surface area (TPSA) is 43.7 Å². The lowest BCUT2D eigenvalue weighted by Crippen LogP contribution is -2.52. The Labute approximate surface area is 61.3 Å². The molecular weight excluding hydrogens is 130 g/mol. The zero-order valence-electron chi connectivity index (χ0n) is 6.54. The summed E-state index contributed by atoms with van der Waals surface area (Å²) in [5.41, 5.74) is -0.869. The smallest absolute Gasteiger partial charge is 0.0951 e.